The summed E-state index contributed by atoms with van der Waals surface area (Å²) in [6.07, 6.45) is 0. The zero-order valence-corrected chi connectivity index (χ0v) is 11.0. The number of phenolic OH excluding ortho intramolecular Hbond substituents is 2. The quantitative estimate of drug-likeness (QED) is 0.645. The van der Waals surface area contributed by atoms with E-state index in [4.69, 9.17) is 5.73 Å². The molecule has 1 unspecified atom stereocenters. The van der Waals surface area contributed by atoms with Crippen LogP contribution < -0.4 is 11.1 Å². The summed E-state index contributed by atoms with van der Waals surface area (Å²) in [6, 6.07) is 11.1. The van der Waals surface area contributed by atoms with Gasteiger partial charge in [-0.1, -0.05) is 12.1 Å². The third kappa shape index (κ3) is 3.07. The SMILES string of the molecule is CC(N)c1ccc(NC(=O)c2ccc(O)c(O)c2)cc1. The van der Waals surface area contributed by atoms with Gasteiger partial charge < -0.3 is 21.3 Å². The molecule has 0 saturated heterocycles. The molecule has 5 heteroatoms. The van der Waals surface area contributed by atoms with Gasteiger partial charge in [0.15, 0.2) is 11.5 Å². The number of nitrogens with two attached hydrogens (primary N) is 1. The van der Waals surface area contributed by atoms with Gasteiger partial charge in [0.25, 0.3) is 5.91 Å². The highest BCUT2D eigenvalue weighted by atomic mass is 16.3. The number of nitrogens with one attached hydrogen (secondary N) is 1. The smallest absolute Gasteiger partial charge is 0.255 e. The predicted molar refractivity (Wildman–Crippen MR) is 76.8 cm³/mol. The van der Waals surface area contributed by atoms with Crippen LogP contribution in [0, 0.1) is 0 Å². The fourth-order valence-electron chi connectivity index (χ4n) is 1.74. The maximum atomic E-state index is 12.0. The molecule has 20 heavy (non-hydrogen) atoms. The van der Waals surface area contributed by atoms with E-state index in [1.807, 2.05) is 19.1 Å². The van der Waals surface area contributed by atoms with E-state index in [1.165, 1.54) is 18.2 Å². The van der Waals surface area contributed by atoms with Crippen LogP contribution >= 0.6 is 0 Å². The molecule has 1 amide bonds. The van der Waals surface area contributed by atoms with Crippen LogP contribution in [-0.2, 0) is 0 Å². The average Bonchev–Trinajstić information content (AvgIpc) is 2.42. The Bertz CT molecular complexity index is 622. The van der Waals surface area contributed by atoms with Crippen LogP contribution in [-0.4, -0.2) is 16.1 Å². The molecule has 0 fully saturated rings. The van der Waals surface area contributed by atoms with Crippen LogP contribution in [0.25, 0.3) is 0 Å². The topological polar surface area (TPSA) is 95.6 Å². The molecule has 0 aliphatic heterocycles. The lowest BCUT2D eigenvalue weighted by Crippen LogP contribution is -2.12. The molecule has 5 nitrogen and oxygen atoms in total. The van der Waals surface area contributed by atoms with Crippen molar-refractivity contribution in [2.45, 2.75) is 13.0 Å². The highest BCUT2D eigenvalue weighted by Crippen LogP contribution is 2.25. The number of rotatable bonds is 3. The maximum absolute atomic E-state index is 12.0. The first-order valence-corrected chi connectivity index (χ1v) is 6.16. The van der Waals surface area contributed by atoms with Gasteiger partial charge in [0.1, 0.15) is 0 Å². The van der Waals surface area contributed by atoms with E-state index in [9.17, 15) is 15.0 Å². The van der Waals surface area contributed by atoms with Crippen molar-refractivity contribution in [2.24, 2.45) is 5.73 Å². The summed E-state index contributed by atoms with van der Waals surface area (Å²) in [5.41, 5.74) is 7.62. The molecule has 1 atom stereocenters. The minimum absolute atomic E-state index is 0.0613. The van der Waals surface area contributed by atoms with E-state index < -0.39 is 0 Å². The van der Waals surface area contributed by atoms with Crippen molar-refractivity contribution in [3.8, 4) is 11.5 Å². The normalized spacial score (nSPS) is 11.9. The van der Waals surface area contributed by atoms with E-state index in [2.05, 4.69) is 5.32 Å². The van der Waals surface area contributed by atoms with Crippen LogP contribution in [0.3, 0.4) is 0 Å². The largest absolute Gasteiger partial charge is 0.504 e. The zero-order valence-electron chi connectivity index (χ0n) is 11.0. The number of hydrogen-bond acceptors (Lipinski definition) is 4. The first kappa shape index (κ1) is 13.9. The molecule has 0 radical (unpaired) electrons. The number of aromatic hydroxyl groups is 2. The molecule has 0 aliphatic rings. The Balaban J connectivity index is 2.12. The number of carbonyl (C=O) groups is 1. The summed E-state index contributed by atoms with van der Waals surface area (Å²) >= 11 is 0. The van der Waals surface area contributed by atoms with Gasteiger partial charge in [-0.15, -0.1) is 0 Å². The third-order valence-electron chi connectivity index (χ3n) is 2.93. The monoisotopic (exact) mass is 272 g/mol. The van der Waals surface area contributed by atoms with Crippen molar-refractivity contribution in [3.63, 3.8) is 0 Å². The van der Waals surface area contributed by atoms with Gasteiger partial charge >= 0.3 is 0 Å². The summed E-state index contributed by atoms with van der Waals surface area (Å²) in [4.78, 5) is 12.0. The van der Waals surface area contributed by atoms with Crippen molar-refractivity contribution in [3.05, 3.63) is 53.6 Å². The van der Waals surface area contributed by atoms with Crippen LogP contribution in [0.15, 0.2) is 42.5 Å². The van der Waals surface area contributed by atoms with E-state index in [-0.39, 0.29) is 29.0 Å². The fourth-order valence-corrected chi connectivity index (χ4v) is 1.74. The van der Waals surface area contributed by atoms with Gasteiger partial charge in [-0.3, -0.25) is 4.79 Å². The number of benzene rings is 2. The van der Waals surface area contributed by atoms with Crippen molar-refractivity contribution >= 4 is 11.6 Å². The van der Waals surface area contributed by atoms with Crippen LogP contribution in [0.4, 0.5) is 5.69 Å². The van der Waals surface area contributed by atoms with Gasteiger partial charge in [-0.25, -0.2) is 0 Å². The number of amides is 1. The summed E-state index contributed by atoms with van der Waals surface area (Å²) in [5, 5.41) is 21.3. The zero-order chi connectivity index (χ0) is 14.7. The molecule has 104 valence electrons. The minimum atomic E-state index is -0.367. The Morgan fingerprint density at radius 2 is 1.75 bits per heavy atom. The standard InChI is InChI=1S/C15H16N2O3/c1-9(16)10-2-5-12(6-3-10)17-15(20)11-4-7-13(18)14(19)8-11/h2-9,18-19H,16H2,1H3,(H,17,20). The Labute approximate surface area is 116 Å². The minimum Gasteiger partial charge on any atom is -0.504 e. The summed E-state index contributed by atoms with van der Waals surface area (Å²) in [5.74, 6) is -0.957. The van der Waals surface area contributed by atoms with Crippen LogP contribution in [0.2, 0.25) is 0 Å². The number of anilines is 1. The van der Waals surface area contributed by atoms with Gasteiger partial charge in [0.2, 0.25) is 0 Å². The maximum Gasteiger partial charge on any atom is 0.255 e. The highest BCUT2D eigenvalue weighted by Gasteiger charge is 2.09. The first-order chi connectivity index (χ1) is 9.47. The first-order valence-electron chi connectivity index (χ1n) is 6.16. The molecule has 0 spiro atoms. The van der Waals surface area contributed by atoms with Crippen molar-refractivity contribution in [2.75, 3.05) is 5.32 Å². The van der Waals surface area contributed by atoms with E-state index in [0.717, 1.165) is 5.56 Å². The molecule has 2 aromatic rings. The number of hydrogen-bond donors (Lipinski definition) is 4. The Morgan fingerprint density at radius 3 is 2.30 bits per heavy atom. The lowest BCUT2D eigenvalue weighted by atomic mass is 10.1. The molecule has 5 N–H and O–H groups in total. The Hall–Kier alpha value is -2.53. The van der Waals surface area contributed by atoms with Crippen molar-refractivity contribution < 1.29 is 15.0 Å². The molecule has 0 saturated carbocycles. The van der Waals surface area contributed by atoms with E-state index >= 15 is 0 Å². The van der Waals surface area contributed by atoms with Gasteiger partial charge in [-0.05, 0) is 42.8 Å². The van der Waals surface area contributed by atoms with Crippen LogP contribution in [0.5, 0.6) is 11.5 Å². The third-order valence-corrected chi connectivity index (χ3v) is 2.93. The van der Waals surface area contributed by atoms with E-state index in [0.29, 0.717) is 5.69 Å². The predicted octanol–water partition coefficient (Wildman–Crippen LogP) is 2.37. The molecule has 2 aromatic carbocycles. The van der Waals surface area contributed by atoms with Gasteiger partial charge in [0.05, 0.1) is 0 Å². The summed E-state index contributed by atoms with van der Waals surface area (Å²) < 4.78 is 0. The Kier molecular flexibility index (Phi) is 3.91. The van der Waals surface area contributed by atoms with Gasteiger partial charge in [0, 0.05) is 17.3 Å². The molecule has 0 aromatic heterocycles. The second kappa shape index (κ2) is 5.63. The van der Waals surface area contributed by atoms with Crippen LogP contribution in [0.1, 0.15) is 28.9 Å². The van der Waals surface area contributed by atoms with Crippen molar-refractivity contribution in [1.82, 2.24) is 0 Å². The molecule has 2 rings (SSSR count). The van der Waals surface area contributed by atoms with E-state index in [1.54, 1.807) is 12.1 Å². The summed E-state index contributed by atoms with van der Waals surface area (Å²) in [7, 11) is 0. The number of carbonyl (C=O) groups excluding carboxylic acids is 1. The molecule has 0 aliphatic carbocycles. The molecular weight excluding hydrogens is 256 g/mol. The lowest BCUT2D eigenvalue weighted by molar-refractivity contribution is 0.102. The summed E-state index contributed by atoms with van der Waals surface area (Å²) in [6.45, 7) is 1.88. The number of phenols is 2. The molecule has 0 heterocycles. The molecular formula is C15H16N2O3. The highest BCUT2D eigenvalue weighted by molar-refractivity contribution is 6.04. The van der Waals surface area contributed by atoms with Crippen molar-refractivity contribution in [1.29, 1.82) is 0 Å². The fraction of sp³-hybridized carbons (Fsp3) is 0.133. The second-order valence-corrected chi connectivity index (χ2v) is 4.57. The van der Waals surface area contributed by atoms with Gasteiger partial charge in [-0.2, -0.15) is 0 Å². The Morgan fingerprint density at radius 1 is 1.10 bits per heavy atom. The average molecular weight is 272 g/mol. The lowest BCUT2D eigenvalue weighted by Gasteiger charge is -2.09. The molecule has 0 bridgehead atoms. The second-order valence-electron chi connectivity index (χ2n) is 4.57.